The van der Waals surface area contributed by atoms with E-state index in [9.17, 15) is 0 Å². The van der Waals surface area contributed by atoms with Crippen LogP contribution < -0.4 is 5.32 Å². The van der Waals surface area contributed by atoms with Gasteiger partial charge >= 0.3 is 0 Å². The molecule has 0 amide bonds. The van der Waals surface area contributed by atoms with Gasteiger partial charge in [-0.15, -0.1) is 0 Å². The van der Waals surface area contributed by atoms with E-state index in [1.165, 1.54) is 55.2 Å². The van der Waals surface area contributed by atoms with Gasteiger partial charge in [-0.25, -0.2) is 0 Å². The number of allylic oxidation sites excluding steroid dienone is 8. The minimum Gasteiger partial charge on any atom is -0.356 e. The van der Waals surface area contributed by atoms with E-state index < -0.39 is 0 Å². The molecule has 0 bridgehead atoms. The Labute approximate surface area is 310 Å². The Morgan fingerprint density at radius 1 is 0.608 bits per heavy atom. The van der Waals surface area contributed by atoms with Crippen molar-refractivity contribution in [3.8, 4) is 22.3 Å². The Morgan fingerprint density at radius 2 is 1.16 bits per heavy atom. The lowest BCUT2D eigenvalue weighted by Gasteiger charge is -2.09. The molecule has 248 valence electrons. The number of hydrogen-bond acceptors (Lipinski definition) is 1. The van der Waals surface area contributed by atoms with Crippen molar-refractivity contribution in [2.24, 2.45) is 0 Å². The number of halogens is 1. The maximum Gasteiger partial charge on any atom is 0.0541 e. The normalized spacial score (nSPS) is 12.6. The SMILES string of the molecule is C=C/C(=C\C=C/C)n1c2ccccc2c2cc(C3=CC=IC=C3)ccc21.c1ccc(-c2ccc(Nc3ccc(-c4ccccc4)cc3)cc2)cc1. The van der Waals surface area contributed by atoms with Gasteiger partial charge in [-0.3, -0.25) is 0 Å². The molecule has 2 heterocycles. The summed E-state index contributed by atoms with van der Waals surface area (Å²) in [5, 5.41) is 6.01. The maximum atomic E-state index is 4.03. The van der Waals surface area contributed by atoms with Crippen LogP contribution in [-0.4, -0.2) is 8.58 Å². The van der Waals surface area contributed by atoms with E-state index in [4.69, 9.17) is 0 Å². The van der Waals surface area contributed by atoms with Crippen LogP contribution >= 0.6 is 20.7 Å². The number of rotatable bonds is 8. The molecule has 0 unspecified atom stereocenters. The van der Waals surface area contributed by atoms with Gasteiger partial charge in [0.05, 0.1) is 11.0 Å². The average Bonchev–Trinajstić information content (AvgIpc) is 3.54. The Kier molecular flexibility index (Phi) is 10.8. The number of anilines is 2. The molecular weight excluding hydrogens is 731 g/mol. The van der Waals surface area contributed by atoms with Crippen molar-refractivity contribution in [1.29, 1.82) is 0 Å². The summed E-state index contributed by atoms with van der Waals surface area (Å²) in [5.41, 5.74) is 13.2. The number of hydrogen-bond donors (Lipinski definition) is 1. The Hall–Kier alpha value is -5.78. The Morgan fingerprint density at radius 3 is 1.73 bits per heavy atom. The van der Waals surface area contributed by atoms with Gasteiger partial charge < -0.3 is 9.88 Å². The number of fused-ring (bicyclic) bond motifs is 3. The van der Waals surface area contributed by atoms with Gasteiger partial charge in [0, 0.05) is 27.8 Å². The second-order valence-electron chi connectivity index (χ2n) is 12.1. The molecule has 1 N–H and O–H groups in total. The zero-order valence-electron chi connectivity index (χ0n) is 28.6. The first-order valence-corrected chi connectivity index (χ1v) is 19.6. The van der Waals surface area contributed by atoms with Gasteiger partial charge in [0.25, 0.3) is 0 Å². The fourth-order valence-corrected chi connectivity index (χ4v) is 7.71. The third-order valence-corrected chi connectivity index (χ3v) is 10.4. The maximum absolute atomic E-state index is 4.03. The second-order valence-corrected chi connectivity index (χ2v) is 14.2. The second kappa shape index (κ2) is 16.3. The molecule has 7 aromatic rings. The molecule has 2 nitrogen and oxygen atoms in total. The summed E-state index contributed by atoms with van der Waals surface area (Å²) in [6.07, 6.45) is 12.6. The lowest BCUT2D eigenvalue weighted by atomic mass is 10.0. The van der Waals surface area contributed by atoms with Crippen molar-refractivity contribution < 1.29 is 0 Å². The summed E-state index contributed by atoms with van der Waals surface area (Å²) in [4.78, 5) is 0. The quantitative estimate of drug-likeness (QED) is 0.120. The van der Waals surface area contributed by atoms with E-state index in [2.05, 4.69) is 188 Å². The highest BCUT2D eigenvalue weighted by molar-refractivity contribution is 14.2. The average molecular weight is 771 g/mol. The van der Waals surface area contributed by atoms with Crippen LogP contribution in [-0.2, 0) is 0 Å². The van der Waals surface area contributed by atoms with Crippen LogP contribution in [0.1, 0.15) is 12.5 Å². The van der Waals surface area contributed by atoms with Crippen LogP contribution in [0, 0.1) is 0 Å². The lowest BCUT2D eigenvalue weighted by molar-refractivity contribution is 1.24. The van der Waals surface area contributed by atoms with Gasteiger partial charge in [-0.2, -0.15) is 0 Å². The highest BCUT2D eigenvalue weighted by Gasteiger charge is 2.13. The zero-order chi connectivity index (χ0) is 34.8. The number of benzene rings is 6. The fraction of sp³-hybridized carbons (Fsp3) is 0.0208. The van der Waals surface area contributed by atoms with Crippen molar-refractivity contribution in [1.82, 2.24) is 4.57 Å². The summed E-state index contributed by atoms with van der Waals surface area (Å²) in [7, 11) is 0. The van der Waals surface area contributed by atoms with Crippen molar-refractivity contribution in [3.63, 3.8) is 0 Å². The molecular formula is C48H39IN2. The number of aromatic nitrogens is 1. The van der Waals surface area contributed by atoms with E-state index in [0.29, 0.717) is 0 Å². The minimum absolute atomic E-state index is 0.107. The molecule has 51 heavy (non-hydrogen) atoms. The van der Waals surface area contributed by atoms with Gasteiger partial charge in [-0.1, -0.05) is 149 Å². The third-order valence-electron chi connectivity index (χ3n) is 8.84. The molecule has 3 heteroatoms. The van der Waals surface area contributed by atoms with Gasteiger partial charge in [-0.05, 0) is 115 Å². The van der Waals surface area contributed by atoms with Crippen LogP contribution in [0.5, 0.6) is 0 Å². The fourth-order valence-electron chi connectivity index (χ4n) is 6.28. The van der Waals surface area contributed by atoms with Gasteiger partial charge in [0.15, 0.2) is 0 Å². The van der Waals surface area contributed by atoms with E-state index in [1.807, 2.05) is 31.2 Å². The molecule has 0 radical (unpaired) electrons. The molecule has 0 fully saturated rings. The van der Waals surface area contributed by atoms with Crippen molar-refractivity contribution in [2.75, 3.05) is 5.32 Å². The highest BCUT2D eigenvalue weighted by Crippen LogP contribution is 2.35. The van der Waals surface area contributed by atoms with Crippen LogP contribution in [0.25, 0.3) is 55.3 Å². The van der Waals surface area contributed by atoms with E-state index in [-0.39, 0.29) is 20.7 Å². The van der Waals surface area contributed by atoms with Crippen LogP contribution in [0.2, 0.25) is 0 Å². The molecule has 0 aliphatic carbocycles. The van der Waals surface area contributed by atoms with Crippen molar-refractivity contribution >= 4 is 69.2 Å². The topological polar surface area (TPSA) is 17.0 Å². The third kappa shape index (κ3) is 7.85. The van der Waals surface area contributed by atoms with E-state index in [0.717, 1.165) is 17.1 Å². The highest BCUT2D eigenvalue weighted by atomic mass is 127. The lowest BCUT2D eigenvalue weighted by Crippen LogP contribution is -1.94. The summed E-state index contributed by atoms with van der Waals surface area (Å²) < 4.78 is 6.93. The molecule has 0 atom stereocenters. The first-order chi connectivity index (χ1) is 25.2. The Balaban J connectivity index is 0.000000159. The van der Waals surface area contributed by atoms with E-state index >= 15 is 0 Å². The van der Waals surface area contributed by atoms with Crippen LogP contribution in [0.4, 0.5) is 11.4 Å². The molecule has 8 rings (SSSR count). The standard InChI is InChI=1S/C24H20IN.C24H19N/c1-3-5-8-20(4-2)26-23-10-7-6-9-21(23)22-17-19(11-12-24(22)26)18-13-15-25-16-14-18;1-3-7-19(8-4-1)21-11-15-23(16-12-21)25-24-17-13-22(14-18-24)20-9-5-2-6-10-20/h3-17H,2H2,1H3;1-18,25H/b5-3-,20-8+;. The number of nitrogens with zero attached hydrogens (tertiary/aromatic N) is 1. The molecule has 1 aliphatic heterocycles. The van der Waals surface area contributed by atoms with E-state index in [1.54, 1.807) is 0 Å². The summed E-state index contributed by atoms with van der Waals surface area (Å²) >= 11 is 0.107. The first kappa shape index (κ1) is 33.7. The van der Waals surface area contributed by atoms with Crippen molar-refractivity contribution in [3.05, 3.63) is 204 Å². The molecule has 0 spiro atoms. The van der Waals surface area contributed by atoms with Gasteiger partial charge in [0.2, 0.25) is 0 Å². The van der Waals surface area contributed by atoms with Crippen LogP contribution in [0.15, 0.2) is 199 Å². The molecule has 1 aromatic heterocycles. The summed E-state index contributed by atoms with van der Waals surface area (Å²) in [6, 6.07) is 53.3. The first-order valence-electron chi connectivity index (χ1n) is 17.1. The summed E-state index contributed by atoms with van der Waals surface area (Å²) in [5.74, 6) is 0. The molecule has 1 aliphatic rings. The van der Waals surface area contributed by atoms with Crippen molar-refractivity contribution in [2.45, 2.75) is 6.92 Å². The molecule has 0 saturated heterocycles. The largest absolute Gasteiger partial charge is 0.356 e. The number of para-hydroxylation sites is 1. The molecule has 0 saturated carbocycles. The smallest absolute Gasteiger partial charge is 0.0541 e. The minimum atomic E-state index is 0.107. The zero-order valence-corrected chi connectivity index (χ0v) is 30.7. The van der Waals surface area contributed by atoms with Crippen LogP contribution in [0.3, 0.4) is 0 Å². The number of nitrogens with one attached hydrogen (secondary N) is 1. The molecule has 6 aromatic carbocycles. The van der Waals surface area contributed by atoms with Gasteiger partial charge in [0.1, 0.15) is 0 Å². The Bertz CT molecular complexity index is 2340. The monoisotopic (exact) mass is 770 g/mol. The predicted molar refractivity (Wildman–Crippen MR) is 233 cm³/mol. The summed E-state index contributed by atoms with van der Waals surface area (Å²) in [6.45, 7) is 6.06. The predicted octanol–water partition coefficient (Wildman–Crippen LogP) is 13.8.